The van der Waals surface area contributed by atoms with Gasteiger partial charge in [-0.2, -0.15) is 0 Å². The quantitative estimate of drug-likeness (QED) is 0.0695. The fraction of sp³-hybridized carbons (Fsp3) is 0.259. The second kappa shape index (κ2) is 12.0. The summed E-state index contributed by atoms with van der Waals surface area (Å²) in [5.41, 5.74) is 12.7. The maximum atomic E-state index is 13.5. The van der Waals surface area contributed by atoms with Crippen LogP contribution in [0.4, 0.5) is 0 Å². The van der Waals surface area contributed by atoms with Crippen LogP contribution in [0.3, 0.4) is 0 Å². The summed E-state index contributed by atoms with van der Waals surface area (Å²) >= 11 is 0. The lowest BCUT2D eigenvalue weighted by Gasteiger charge is -2.31. The van der Waals surface area contributed by atoms with Crippen molar-refractivity contribution in [2.45, 2.75) is 31.0 Å². The minimum Gasteiger partial charge on any atom is -0.494 e. The zero-order valence-corrected chi connectivity index (χ0v) is 20.2. The van der Waals surface area contributed by atoms with E-state index in [0.717, 1.165) is 11.1 Å². The van der Waals surface area contributed by atoms with Gasteiger partial charge in [-0.3, -0.25) is 10.2 Å². The molecule has 0 saturated carbocycles. The number of nitrogens with two attached hydrogens (primary N) is 1. The second-order valence-corrected chi connectivity index (χ2v) is 8.51. The molecule has 2 atom stereocenters. The van der Waals surface area contributed by atoms with Crippen molar-refractivity contribution in [3.63, 3.8) is 0 Å². The van der Waals surface area contributed by atoms with Crippen LogP contribution in [0, 0.1) is 0 Å². The van der Waals surface area contributed by atoms with Crippen LogP contribution >= 0.6 is 0 Å². The summed E-state index contributed by atoms with van der Waals surface area (Å²) in [4.78, 5) is 21.2. The molecule has 4 N–H and O–H groups in total. The van der Waals surface area contributed by atoms with Crippen LogP contribution in [-0.2, 0) is 22.5 Å². The van der Waals surface area contributed by atoms with Crippen molar-refractivity contribution >= 4 is 11.8 Å². The standard InChI is InChI=1S/C27H28N6O4/c28-32-26(35)27(17-19-7-2-1-3-8-19)24(23-10-5-4-9-21(23)18-30-33-29)37-25(31-27)20-11-13-22(14-12-20)36-16-6-15-34/h1-5,7-14,24,34H,6,15-18,28H2,(H,32,35)/t24-,27-/m0/s1. The SMILES string of the molecule is [N-]=[N+]=NCc1ccccc1[C@@H]1OC(c2ccc(OCCCO)cc2)=N[C@]1(Cc1ccccc1)C(=O)NN. The molecule has 1 aliphatic heterocycles. The van der Waals surface area contributed by atoms with Gasteiger partial charge in [-0.1, -0.05) is 59.7 Å². The first-order valence-electron chi connectivity index (χ1n) is 11.9. The highest BCUT2D eigenvalue weighted by Crippen LogP contribution is 2.43. The summed E-state index contributed by atoms with van der Waals surface area (Å²) < 4.78 is 12.1. The van der Waals surface area contributed by atoms with Gasteiger partial charge in [-0.25, -0.2) is 10.8 Å². The number of hydrazine groups is 1. The number of azide groups is 1. The number of aliphatic hydroxyl groups is 1. The number of hydrogen-bond donors (Lipinski definition) is 3. The van der Waals surface area contributed by atoms with Gasteiger partial charge >= 0.3 is 0 Å². The van der Waals surface area contributed by atoms with E-state index in [4.69, 9.17) is 30.9 Å². The molecule has 0 aromatic heterocycles. The predicted molar refractivity (Wildman–Crippen MR) is 139 cm³/mol. The van der Waals surface area contributed by atoms with Crippen molar-refractivity contribution in [1.82, 2.24) is 5.43 Å². The molecule has 1 aliphatic rings. The minimum absolute atomic E-state index is 0.0535. The molecule has 190 valence electrons. The number of ether oxygens (including phenoxy) is 2. The van der Waals surface area contributed by atoms with E-state index in [1.165, 1.54) is 0 Å². The minimum atomic E-state index is -1.42. The van der Waals surface area contributed by atoms with E-state index < -0.39 is 17.6 Å². The summed E-state index contributed by atoms with van der Waals surface area (Å²) in [7, 11) is 0. The molecule has 0 saturated heterocycles. The number of amides is 1. The third kappa shape index (κ3) is 5.73. The zero-order chi connectivity index (χ0) is 26.1. The molecule has 0 spiro atoms. The number of nitrogens with one attached hydrogen (secondary N) is 1. The van der Waals surface area contributed by atoms with Crippen molar-refractivity contribution in [1.29, 1.82) is 0 Å². The number of hydrogen-bond acceptors (Lipinski definition) is 7. The number of aliphatic imine (C=N–C) groups is 1. The normalized spacial score (nSPS) is 18.3. The Kier molecular flexibility index (Phi) is 8.37. The molecule has 0 fully saturated rings. The maximum absolute atomic E-state index is 13.5. The van der Waals surface area contributed by atoms with Gasteiger partial charge in [-0.05, 0) is 46.5 Å². The largest absolute Gasteiger partial charge is 0.494 e. The molecule has 0 radical (unpaired) electrons. The van der Waals surface area contributed by atoms with Crippen LogP contribution in [0.1, 0.15) is 34.8 Å². The first-order valence-corrected chi connectivity index (χ1v) is 11.9. The molecule has 10 nitrogen and oxygen atoms in total. The van der Waals surface area contributed by atoms with Gasteiger partial charge in [0.2, 0.25) is 5.90 Å². The highest BCUT2D eigenvalue weighted by molar-refractivity contribution is 6.01. The first-order chi connectivity index (χ1) is 18.1. The summed E-state index contributed by atoms with van der Waals surface area (Å²) in [6.07, 6.45) is -0.0784. The Bertz CT molecular complexity index is 1290. The Morgan fingerprint density at radius 3 is 2.57 bits per heavy atom. The van der Waals surface area contributed by atoms with E-state index in [1.807, 2.05) is 54.6 Å². The van der Waals surface area contributed by atoms with Crippen molar-refractivity contribution < 1.29 is 19.4 Å². The number of aliphatic hydroxyl groups excluding tert-OH is 1. The van der Waals surface area contributed by atoms with Crippen molar-refractivity contribution in [2.75, 3.05) is 13.2 Å². The third-order valence-corrected chi connectivity index (χ3v) is 6.12. The van der Waals surface area contributed by atoms with E-state index in [1.54, 1.807) is 24.3 Å². The zero-order valence-electron chi connectivity index (χ0n) is 20.2. The Hall–Kier alpha value is -4.37. The second-order valence-electron chi connectivity index (χ2n) is 8.51. The Labute approximate surface area is 214 Å². The smallest absolute Gasteiger partial charge is 0.266 e. The van der Waals surface area contributed by atoms with Gasteiger partial charge in [0.1, 0.15) is 5.75 Å². The number of carbonyl (C=O) groups excluding carboxylic acids is 1. The number of carbonyl (C=O) groups is 1. The predicted octanol–water partition coefficient (Wildman–Crippen LogP) is 3.75. The molecule has 1 amide bonds. The summed E-state index contributed by atoms with van der Waals surface area (Å²) in [6.45, 7) is 0.541. The van der Waals surface area contributed by atoms with Gasteiger partial charge in [-0.15, -0.1) is 0 Å². The van der Waals surface area contributed by atoms with Crippen LogP contribution in [0.5, 0.6) is 5.75 Å². The van der Waals surface area contributed by atoms with E-state index >= 15 is 0 Å². The average molecular weight is 501 g/mol. The molecule has 1 heterocycles. The van der Waals surface area contributed by atoms with E-state index in [2.05, 4.69) is 15.5 Å². The first kappa shape index (κ1) is 25.7. The fourth-order valence-corrected chi connectivity index (χ4v) is 4.33. The Morgan fingerprint density at radius 1 is 1.14 bits per heavy atom. The molecular weight excluding hydrogens is 472 g/mol. The molecule has 37 heavy (non-hydrogen) atoms. The number of nitrogens with zero attached hydrogens (tertiary/aromatic N) is 4. The van der Waals surface area contributed by atoms with Crippen LogP contribution < -0.4 is 16.0 Å². The van der Waals surface area contributed by atoms with Crippen LogP contribution in [-0.4, -0.2) is 35.7 Å². The van der Waals surface area contributed by atoms with Crippen molar-refractivity contribution in [3.8, 4) is 5.75 Å². The monoisotopic (exact) mass is 500 g/mol. The maximum Gasteiger partial charge on any atom is 0.266 e. The molecule has 0 bridgehead atoms. The molecule has 10 heteroatoms. The molecule has 0 unspecified atom stereocenters. The topological polar surface area (TPSA) is 155 Å². The van der Waals surface area contributed by atoms with E-state index in [-0.39, 0.29) is 25.5 Å². The van der Waals surface area contributed by atoms with E-state index in [9.17, 15) is 4.79 Å². The number of benzene rings is 3. The Morgan fingerprint density at radius 2 is 1.86 bits per heavy atom. The average Bonchev–Trinajstić information content (AvgIpc) is 3.32. The number of rotatable bonds is 11. The van der Waals surface area contributed by atoms with Gasteiger partial charge in [0.05, 0.1) is 13.2 Å². The van der Waals surface area contributed by atoms with Crippen LogP contribution in [0.25, 0.3) is 10.4 Å². The van der Waals surface area contributed by atoms with Gasteiger partial charge in [0, 0.05) is 29.9 Å². The Balaban J connectivity index is 1.79. The molecule has 3 aromatic carbocycles. The summed E-state index contributed by atoms with van der Waals surface area (Å²) in [6, 6.07) is 24.0. The lowest BCUT2D eigenvalue weighted by atomic mass is 9.81. The lowest BCUT2D eigenvalue weighted by Crippen LogP contribution is -2.52. The third-order valence-electron chi connectivity index (χ3n) is 6.12. The van der Waals surface area contributed by atoms with Gasteiger partial charge < -0.3 is 14.6 Å². The fourth-order valence-electron chi connectivity index (χ4n) is 4.33. The van der Waals surface area contributed by atoms with Crippen molar-refractivity contribution in [2.24, 2.45) is 15.9 Å². The van der Waals surface area contributed by atoms with Gasteiger partial charge in [0.25, 0.3) is 5.91 Å². The van der Waals surface area contributed by atoms with Gasteiger partial charge in [0.15, 0.2) is 11.6 Å². The summed E-state index contributed by atoms with van der Waals surface area (Å²) in [5, 5.41) is 12.7. The lowest BCUT2D eigenvalue weighted by molar-refractivity contribution is -0.129. The highest BCUT2D eigenvalue weighted by atomic mass is 16.5. The molecule has 4 rings (SSSR count). The summed E-state index contributed by atoms with van der Waals surface area (Å²) in [5.74, 6) is 6.11. The van der Waals surface area contributed by atoms with Crippen molar-refractivity contribution in [3.05, 3.63) is 112 Å². The van der Waals surface area contributed by atoms with E-state index in [0.29, 0.717) is 29.9 Å². The highest BCUT2D eigenvalue weighted by Gasteiger charge is 2.53. The molecular formula is C27H28N6O4. The molecule has 0 aliphatic carbocycles. The molecule has 3 aromatic rings. The van der Waals surface area contributed by atoms with Crippen LogP contribution in [0.15, 0.2) is 89.0 Å². The van der Waals surface area contributed by atoms with Crippen LogP contribution in [0.2, 0.25) is 0 Å².